The fraction of sp³-hybridized carbons (Fsp3) is 0.688. The standard InChI is InChI=1S/C16H28N2O2/c1-13(2)10-17-11-15-9-16(5-6-18-15)20-8-7-19-12-14(3)4/h5-6,9,13-14,17H,7-8,10-12H2,1-4H3. The van der Waals surface area contributed by atoms with Crippen molar-refractivity contribution in [3.63, 3.8) is 0 Å². The van der Waals surface area contributed by atoms with E-state index in [0.717, 1.165) is 31.1 Å². The molecule has 1 aromatic rings. The fourth-order valence-electron chi connectivity index (χ4n) is 1.67. The van der Waals surface area contributed by atoms with Gasteiger partial charge >= 0.3 is 0 Å². The molecule has 0 spiro atoms. The van der Waals surface area contributed by atoms with Crippen molar-refractivity contribution in [3.8, 4) is 5.75 Å². The SMILES string of the molecule is CC(C)CNCc1cc(OCCOCC(C)C)ccn1. The Hall–Kier alpha value is -1.13. The summed E-state index contributed by atoms with van der Waals surface area (Å²) in [5, 5.41) is 3.37. The van der Waals surface area contributed by atoms with E-state index in [0.29, 0.717) is 25.0 Å². The van der Waals surface area contributed by atoms with Crippen LogP contribution in [0.2, 0.25) is 0 Å². The van der Waals surface area contributed by atoms with Crippen LogP contribution in [-0.4, -0.2) is 31.3 Å². The maximum atomic E-state index is 5.66. The molecule has 0 amide bonds. The zero-order valence-electron chi connectivity index (χ0n) is 13.2. The first kappa shape index (κ1) is 16.9. The van der Waals surface area contributed by atoms with E-state index in [-0.39, 0.29) is 0 Å². The van der Waals surface area contributed by atoms with Crippen LogP contribution in [0, 0.1) is 11.8 Å². The van der Waals surface area contributed by atoms with Crippen molar-refractivity contribution in [2.45, 2.75) is 34.2 Å². The van der Waals surface area contributed by atoms with Crippen LogP contribution in [0.15, 0.2) is 18.3 Å². The molecule has 0 aliphatic heterocycles. The first-order valence-electron chi connectivity index (χ1n) is 7.44. The Kier molecular flexibility index (Phi) is 8.23. The van der Waals surface area contributed by atoms with Gasteiger partial charge in [-0.1, -0.05) is 27.7 Å². The van der Waals surface area contributed by atoms with Crippen LogP contribution in [0.3, 0.4) is 0 Å². The molecule has 20 heavy (non-hydrogen) atoms. The number of aromatic nitrogens is 1. The van der Waals surface area contributed by atoms with E-state index in [4.69, 9.17) is 9.47 Å². The molecule has 1 N–H and O–H groups in total. The minimum absolute atomic E-state index is 0.564. The lowest BCUT2D eigenvalue weighted by molar-refractivity contribution is 0.0818. The van der Waals surface area contributed by atoms with Crippen LogP contribution in [0.1, 0.15) is 33.4 Å². The van der Waals surface area contributed by atoms with Gasteiger partial charge < -0.3 is 14.8 Å². The third-order valence-corrected chi connectivity index (χ3v) is 2.59. The Morgan fingerprint density at radius 1 is 1.15 bits per heavy atom. The van der Waals surface area contributed by atoms with Gasteiger partial charge in [0.25, 0.3) is 0 Å². The molecule has 0 aliphatic carbocycles. The van der Waals surface area contributed by atoms with E-state index in [1.807, 2.05) is 12.1 Å². The second-order valence-corrected chi connectivity index (χ2v) is 5.82. The molecular weight excluding hydrogens is 252 g/mol. The maximum Gasteiger partial charge on any atom is 0.122 e. The van der Waals surface area contributed by atoms with E-state index in [2.05, 4.69) is 38.0 Å². The minimum atomic E-state index is 0.564. The molecule has 0 saturated heterocycles. The quantitative estimate of drug-likeness (QED) is 0.669. The Morgan fingerprint density at radius 2 is 1.95 bits per heavy atom. The van der Waals surface area contributed by atoms with E-state index >= 15 is 0 Å². The molecule has 0 unspecified atom stereocenters. The molecule has 0 atom stereocenters. The summed E-state index contributed by atoms with van der Waals surface area (Å²) in [6.07, 6.45) is 1.79. The Morgan fingerprint density at radius 3 is 2.65 bits per heavy atom. The molecule has 1 rings (SSSR count). The third kappa shape index (κ3) is 8.12. The van der Waals surface area contributed by atoms with Crippen molar-refractivity contribution < 1.29 is 9.47 Å². The first-order chi connectivity index (χ1) is 9.58. The van der Waals surface area contributed by atoms with Gasteiger partial charge in [-0.05, 0) is 24.4 Å². The molecule has 0 saturated carbocycles. The number of hydrogen-bond acceptors (Lipinski definition) is 4. The molecule has 0 fully saturated rings. The minimum Gasteiger partial charge on any atom is -0.491 e. The molecule has 0 aromatic carbocycles. The summed E-state index contributed by atoms with van der Waals surface area (Å²) in [4.78, 5) is 4.33. The van der Waals surface area contributed by atoms with Crippen molar-refractivity contribution in [3.05, 3.63) is 24.0 Å². The zero-order valence-corrected chi connectivity index (χ0v) is 13.2. The van der Waals surface area contributed by atoms with Gasteiger partial charge in [-0.3, -0.25) is 4.98 Å². The average molecular weight is 280 g/mol. The molecule has 4 heteroatoms. The number of nitrogens with zero attached hydrogens (tertiary/aromatic N) is 1. The fourth-order valence-corrected chi connectivity index (χ4v) is 1.67. The molecule has 0 radical (unpaired) electrons. The summed E-state index contributed by atoms with van der Waals surface area (Å²) in [6, 6.07) is 3.87. The molecule has 1 aromatic heterocycles. The van der Waals surface area contributed by atoms with Crippen LogP contribution in [0.5, 0.6) is 5.75 Å². The van der Waals surface area contributed by atoms with Gasteiger partial charge in [-0.15, -0.1) is 0 Å². The van der Waals surface area contributed by atoms with Gasteiger partial charge in [0.1, 0.15) is 12.4 Å². The predicted octanol–water partition coefficient (Wildman–Crippen LogP) is 2.88. The second kappa shape index (κ2) is 9.72. The lowest BCUT2D eigenvalue weighted by Gasteiger charge is -2.10. The maximum absolute atomic E-state index is 5.66. The summed E-state index contributed by atoms with van der Waals surface area (Å²) in [5.74, 6) is 2.07. The van der Waals surface area contributed by atoms with Gasteiger partial charge in [0, 0.05) is 25.4 Å². The molecule has 0 bridgehead atoms. The van der Waals surface area contributed by atoms with Crippen LogP contribution in [-0.2, 0) is 11.3 Å². The third-order valence-electron chi connectivity index (χ3n) is 2.59. The van der Waals surface area contributed by atoms with E-state index in [1.54, 1.807) is 6.20 Å². The highest BCUT2D eigenvalue weighted by Crippen LogP contribution is 2.10. The van der Waals surface area contributed by atoms with Gasteiger partial charge in [0.15, 0.2) is 0 Å². The van der Waals surface area contributed by atoms with E-state index < -0.39 is 0 Å². The van der Waals surface area contributed by atoms with Crippen molar-refractivity contribution in [2.24, 2.45) is 11.8 Å². The number of hydrogen-bond donors (Lipinski definition) is 1. The number of rotatable bonds is 10. The highest BCUT2D eigenvalue weighted by atomic mass is 16.5. The van der Waals surface area contributed by atoms with E-state index in [9.17, 15) is 0 Å². The lowest BCUT2D eigenvalue weighted by atomic mass is 10.2. The highest BCUT2D eigenvalue weighted by molar-refractivity contribution is 5.22. The van der Waals surface area contributed by atoms with Crippen LogP contribution >= 0.6 is 0 Å². The number of nitrogens with one attached hydrogen (secondary N) is 1. The van der Waals surface area contributed by atoms with Crippen molar-refractivity contribution >= 4 is 0 Å². The molecular formula is C16H28N2O2. The topological polar surface area (TPSA) is 43.4 Å². The predicted molar refractivity (Wildman–Crippen MR) is 81.9 cm³/mol. The largest absolute Gasteiger partial charge is 0.491 e. The number of ether oxygens (including phenoxy) is 2. The Balaban J connectivity index is 2.25. The smallest absolute Gasteiger partial charge is 0.122 e. The monoisotopic (exact) mass is 280 g/mol. The molecule has 4 nitrogen and oxygen atoms in total. The van der Waals surface area contributed by atoms with Gasteiger partial charge in [0.2, 0.25) is 0 Å². The molecule has 1 heterocycles. The van der Waals surface area contributed by atoms with E-state index in [1.165, 1.54) is 0 Å². The summed E-state index contributed by atoms with van der Waals surface area (Å²) in [5.41, 5.74) is 1.01. The van der Waals surface area contributed by atoms with Crippen LogP contribution < -0.4 is 10.1 Å². The summed E-state index contributed by atoms with van der Waals surface area (Å²) in [6.45, 7) is 12.4. The van der Waals surface area contributed by atoms with Gasteiger partial charge in [-0.25, -0.2) is 0 Å². The van der Waals surface area contributed by atoms with Crippen LogP contribution in [0.25, 0.3) is 0 Å². The van der Waals surface area contributed by atoms with Crippen molar-refractivity contribution in [1.29, 1.82) is 0 Å². The number of pyridine rings is 1. The van der Waals surface area contributed by atoms with Crippen LogP contribution in [0.4, 0.5) is 0 Å². The highest BCUT2D eigenvalue weighted by Gasteiger charge is 2.00. The van der Waals surface area contributed by atoms with Gasteiger partial charge in [-0.2, -0.15) is 0 Å². The normalized spacial score (nSPS) is 11.3. The summed E-state index contributed by atoms with van der Waals surface area (Å²) < 4.78 is 11.1. The van der Waals surface area contributed by atoms with Gasteiger partial charge in [0.05, 0.1) is 12.3 Å². The Labute approximate surface area is 122 Å². The summed E-state index contributed by atoms with van der Waals surface area (Å²) in [7, 11) is 0. The molecule has 0 aliphatic rings. The zero-order chi connectivity index (χ0) is 14.8. The average Bonchev–Trinajstić information content (AvgIpc) is 2.38. The van der Waals surface area contributed by atoms with Crippen molar-refractivity contribution in [1.82, 2.24) is 10.3 Å². The second-order valence-electron chi connectivity index (χ2n) is 5.82. The van der Waals surface area contributed by atoms with Crippen molar-refractivity contribution in [2.75, 3.05) is 26.4 Å². The lowest BCUT2D eigenvalue weighted by Crippen LogP contribution is -2.19. The first-order valence-corrected chi connectivity index (χ1v) is 7.44. The Bertz CT molecular complexity index is 367. The molecule has 114 valence electrons. The summed E-state index contributed by atoms with van der Waals surface area (Å²) >= 11 is 0.